The molecule has 0 aliphatic heterocycles. The Bertz CT molecular complexity index is 706. The highest BCUT2D eigenvalue weighted by molar-refractivity contribution is 7.14. The van der Waals surface area contributed by atoms with E-state index in [9.17, 15) is 9.18 Å². The number of carbonyl (C=O) groups is 1. The van der Waals surface area contributed by atoms with Gasteiger partial charge in [-0.1, -0.05) is 11.2 Å². The number of hydrogen-bond donors (Lipinski definition) is 3. The van der Waals surface area contributed by atoms with Crippen LogP contribution >= 0.6 is 11.3 Å². The van der Waals surface area contributed by atoms with Gasteiger partial charge in [0.1, 0.15) is 5.82 Å². The van der Waals surface area contributed by atoms with Gasteiger partial charge < -0.3 is 16.3 Å². The average Bonchev–Trinajstić information content (AvgIpc) is 2.78. The van der Waals surface area contributed by atoms with Crippen molar-refractivity contribution < 1.29 is 14.4 Å². The SMILES string of the molecule is Cc1cc(C(=O)Nc2cccc(F)c2C(N)=NO)sc1C. The summed E-state index contributed by atoms with van der Waals surface area (Å²) in [5.74, 6) is -1.45. The number of halogens is 1. The molecule has 0 aliphatic rings. The number of hydrogen-bond acceptors (Lipinski definition) is 4. The van der Waals surface area contributed by atoms with E-state index in [0.717, 1.165) is 10.4 Å². The fraction of sp³-hybridized carbons (Fsp3) is 0.143. The lowest BCUT2D eigenvalue weighted by molar-refractivity contribution is 0.103. The van der Waals surface area contributed by atoms with Crippen LogP contribution in [0.2, 0.25) is 0 Å². The van der Waals surface area contributed by atoms with Crippen molar-refractivity contribution in [1.29, 1.82) is 0 Å². The van der Waals surface area contributed by atoms with Crippen LogP contribution in [0.15, 0.2) is 29.4 Å². The number of amidine groups is 1. The predicted molar refractivity (Wildman–Crippen MR) is 80.7 cm³/mol. The van der Waals surface area contributed by atoms with E-state index in [-0.39, 0.29) is 17.2 Å². The Hall–Kier alpha value is -2.41. The molecule has 0 aliphatic carbocycles. The van der Waals surface area contributed by atoms with Crippen molar-refractivity contribution in [2.75, 3.05) is 5.32 Å². The second kappa shape index (κ2) is 5.92. The van der Waals surface area contributed by atoms with E-state index in [4.69, 9.17) is 10.9 Å². The van der Waals surface area contributed by atoms with E-state index in [1.54, 1.807) is 6.07 Å². The van der Waals surface area contributed by atoms with Gasteiger partial charge >= 0.3 is 0 Å². The van der Waals surface area contributed by atoms with E-state index in [1.165, 1.54) is 29.5 Å². The van der Waals surface area contributed by atoms with Crippen LogP contribution in [0, 0.1) is 19.7 Å². The minimum Gasteiger partial charge on any atom is -0.409 e. The molecule has 1 aromatic heterocycles. The largest absolute Gasteiger partial charge is 0.409 e. The summed E-state index contributed by atoms with van der Waals surface area (Å²) < 4.78 is 13.8. The number of nitrogens with two attached hydrogens (primary N) is 1. The summed E-state index contributed by atoms with van der Waals surface area (Å²) in [5.41, 5.74) is 6.48. The van der Waals surface area contributed by atoms with Crippen LogP contribution < -0.4 is 11.1 Å². The van der Waals surface area contributed by atoms with Gasteiger partial charge in [0.25, 0.3) is 5.91 Å². The third kappa shape index (κ3) is 3.03. The number of thiophene rings is 1. The van der Waals surface area contributed by atoms with E-state index in [2.05, 4.69) is 10.5 Å². The molecule has 0 unspecified atom stereocenters. The Labute approximate surface area is 124 Å². The summed E-state index contributed by atoms with van der Waals surface area (Å²) >= 11 is 1.35. The number of carbonyl (C=O) groups excluding carboxylic acids is 1. The molecule has 0 bridgehead atoms. The van der Waals surface area contributed by atoms with Gasteiger partial charge in [-0.3, -0.25) is 4.79 Å². The van der Waals surface area contributed by atoms with E-state index in [0.29, 0.717) is 4.88 Å². The van der Waals surface area contributed by atoms with Crippen LogP contribution in [0.1, 0.15) is 25.7 Å². The predicted octanol–water partition coefficient (Wildman–Crippen LogP) is 2.85. The second-order valence-electron chi connectivity index (χ2n) is 4.45. The maximum Gasteiger partial charge on any atom is 0.265 e. The van der Waals surface area contributed by atoms with Gasteiger partial charge in [-0.15, -0.1) is 11.3 Å². The van der Waals surface area contributed by atoms with Crippen LogP contribution in [-0.4, -0.2) is 17.0 Å². The van der Waals surface area contributed by atoms with Crippen molar-refractivity contribution in [2.24, 2.45) is 10.9 Å². The number of oxime groups is 1. The molecule has 2 aromatic rings. The normalized spacial score (nSPS) is 11.5. The molecule has 0 saturated carbocycles. The third-order valence-corrected chi connectivity index (χ3v) is 4.17. The first kappa shape index (κ1) is 15.0. The summed E-state index contributed by atoms with van der Waals surface area (Å²) in [4.78, 5) is 13.7. The Morgan fingerprint density at radius 2 is 2.14 bits per heavy atom. The van der Waals surface area contributed by atoms with Crippen molar-refractivity contribution in [1.82, 2.24) is 0 Å². The molecule has 0 fully saturated rings. The lowest BCUT2D eigenvalue weighted by Gasteiger charge is -2.10. The number of rotatable bonds is 3. The van der Waals surface area contributed by atoms with Crippen molar-refractivity contribution in [2.45, 2.75) is 13.8 Å². The molecule has 2 rings (SSSR count). The fourth-order valence-electron chi connectivity index (χ4n) is 1.81. The van der Waals surface area contributed by atoms with Crippen molar-refractivity contribution in [3.8, 4) is 0 Å². The maximum absolute atomic E-state index is 13.8. The minimum absolute atomic E-state index is 0.140. The highest BCUT2D eigenvalue weighted by Gasteiger charge is 2.17. The molecular formula is C14H14FN3O2S. The van der Waals surface area contributed by atoms with Gasteiger partial charge in [-0.05, 0) is 37.6 Å². The van der Waals surface area contributed by atoms with E-state index < -0.39 is 11.7 Å². The maximum atomic E-state index is 13.8. The van der Waals surface area contributed by atoms with E-state index in [1.807, 2.05) is 13.8 Å². The van der Waals surface area contributed by atoms with Crippen LogP contribution in [0.25, 0.3) is 0 Å². The summed E-state index contributed by atoms with van der Waals surface area (Å²) in [6, 6.07) is 5.85. The Morgan fingerprint density at radius 1 is 1.43 bits per heavy atom. The Balaban J connectivity index is 2.36. The molecule has 21 heavy (non-hydrogen) atoms. The summed E-state index contributed by atoms with van der Waals surface area (Å²) in [7, 11) is 0. The lowest BCUT2D eigenvalue weighted by atomic mass is 10.1. The number of amides is 1. The molecule has 1 aromatic carbocycles. The molecule has 4 N–H and O–H groups in total. The molecule has 5 nitrogen and oxygen atoms in total. The van der Waals surface area contributed by atoms with Gasteiger partial charge in [0.15, 0.2) is 5.84 Å². The van der Waals surface area contributed by atoms with Crippen molar-refractivity contribution in [3.63, 3.8) is 0 Å². The first-order chi connectivity index (χ1) is 9.93. The van der Waals surface area contributed by atoms with Gasteiger partial charge in [-0.2, -0.15) is 0 Å². The first-order valence-corrected chi connectivity index (χ1v) is 6.90. The third-order valence-electron chi connectivity index (χ3n) is 3.02. The Morgan fingerprint density at radius 3 is 2.71 bits per heavy atom. The zero-order chi connectivity index (χ0) is 15.6. The molecule has 110 valence electrons. The fourth-order valence-corrected chi connectivity index (χ4v) is 2.74. The Kier molecular flexibility index (Phi) is 4.23. The molecule has 7 heteroatoms. The summed E-state index contributed by atoms with van der Waals surface area (Å²) in [6.07, 6.45) is 0. The molecule has 0 spiro atoms. The van der Waals surface area contributed by atoms with E-state index >= 15 is 0 Å². The summed E-state index contributed by atoms with van der Waals surface area (Å²) in [6.45, 7) is 3.83. The van der Waals surface area contributed by atoms with Gasteiger partial charge in [0.05, 0.1) is 16.1 Å². The number of nitrogens with one attached hydrogen (secondary N) is 1. The van der Waals surface area contributed by atoms with Gasteiger partial charge in [0, 0.05) is 4.88 Å². The summed E-state index contributed by atoms with van der Waals surface area (Å²) in [5, 5.41) is 14.1. The van der Waals surface area contributed by atoms with Crippen molar-refractivity contribution in [3.05, 3.63) is 51.0 Å². The molecule has 0 atom stereocenters. The molecule has 1 amide bonds. The number of nitrogens with zero attached hydrogens (tertiary/aromatic N) is 1. The number of aryl methyl sites for hydroxylation is 2. The standard InChI is InChI=1S/C14H14FN3O2S/c1-7-6-11(21-8(7)2)14(19)17-10-5-3-4-9(15)12(10)13(16)18-20/h3-6,20H,1-2H3,(H2,16,18)(H,17,19). The number of benzene rings is 1. The lowest BCUT2D eigenvalue weighted by Crippen LogP contribution is -2.20. The van der Waals surface area contributed by atoms with Gasteiger partial charge in [0.2, 0.25) is 0 Å². The van der Waals surface area contributed by atoms with Crippen LogP contribution in [0.5, 0.6) is 0 Å². The topological polar surface area (TPSA) is 87.7 Å². The molecular weight excluding hydrogens is 293 g/mol. The second-order valence-corrected chi connectivity index (χ2v) is 5.71. The molecule has 0 radical (unpaired) electrons. The van der Waals surface area contributed by atoms with Crippen molar-refractivity contribution >= 4 is 28.8 Å². The quantitative estimate of drug-likeness (QED) is 0.352. The van der Waals surface area contributed by atoms with Gasteiger partial charge in [-0.25, -0.2) is 4.39 Å². The zero-order valence-electron chi connectivity index (χ0n) is 11.5. The highest BCUT2D eigenvalue weighted by atomic mass is 32.1. The molecule has 1 heterocycles. The molecule has 0 saturated heterocycles. The zero-order valence-corrected chi connectivity index (χ0v) is 12.3. The van der Waals surface area contributed by atoms with Crippen LogP contribution in [-0.2, 0) is 0 Å². The average molecular weight is 307 g/mol. The number of anilines is 1. The minimum atomic E-state index is -0.679. The van der Waals surface area contributed by atoms with Crippen LogP contribution in [0.4, 0.5) is 10.1 Å². The monoisotopic (exact) mass is 307 g/mol. The first-order valence-electron chi connectivity index (χ1n) is 6.09. The van der Waals surface area contributed by atoms with Crippen LogP contribution in [0.3, 0.4) is 0 Å². The smallest absolute Gasteiger partial charge is 0.265 e. The highest BCUT2D eigenvalue weighted by Crippen LogP contribution is 2.24.